The van der Waals surface area contributed by atoms with Gasteiger partial charge in [-0.25, -0.2) is 0 Å². The molecule has 3 rings (SSSR count). The molecule has 0 N–H and O–H groups in total. The molecule has 23 heavy (non-hydrogen) atoms. The van der Waals surface area contributed by atoms with Crippen molar-refractivity contribution in [3.8, 4) is 0 Å². The molecule has 2 aromatic carbocycles. The van der Waals surface area contributed by atoms with Gasteiger partial charge in [-0.15, -0.1) is 23.2 Å². The molecule has 1 amide bonds. The number of anilines is 1. The second kappa shape index (κ2) is 5.99. The summed E-state index contributed by atoms with van der Waals surface area (Å²) in [5.74, 6) is -0.742. The van der Waals surface area contributed by atoms with Gasteiger partial charge in [-0.2, -0.15) is 0 Å². The van der Waals surface area contributed by atoms with Crippen molar-refractivity contribution in [2.75, 3.05) is 11.4 Å². The van der Waals surface area contributed by atoms with Gasteiger partial charge in [0.15, 0.2) is 11.2 Å². The number of nitrogens with zero attached hydrogens (tertiary/aromatic N) is 1. The summed E-state index contributed by atoms with van der Waals surface area (Å²) < 4.78 is 0. The minimum atomic E-state index is -1.62. The molecular weight excluding hydrogens is 333 g/mol. The predicted molar refractivity (Wildman–Crippen MR) is 92.4 cm³/mol. The number of ketones is 1. The van der Waals surface area contributed by atoms with E-state index in [4.69, 9.17) is 23.2 Å². The highest BCUT2D eigenvalue weighted by atomic mass is 35.5. The Labute approximate surface area is 144 Å². The third-order valence-electron chi connectivity index (χ3n) is 4.25. The van der Waals surface area contributed by atoms with E-state index in [1.54, 1.807) is 53.4 Å². The Morgan fingerprint density at radius 1 is 1.00 bits per heavy atom. The fourth-order valence-electron chi connectivity index (χ4n) is 3.12. The molecule has 0 aliphatic carbocycles. The Morgan fingerprint density at radius 2 is 1.61 bits per heavy atom. The van der Waals surface area contributed by atoms with Crippen LogP contribution in [0.25, 0.3) is 0 Å². The Kier molecular flexibility index (Phi) is 4.17. The number of Topliss-reactive ketones (excluding diaryl/α,β-unsaturated/α-hetero) is 1. The molecule has 0 saturated heterocycles. The van der Waals surface area contributed by atoms with E-state index >= 15 is 0 Å². The van der Waals surface area contributed by atoms with Crippen molar-refractivity contribution >= 4 is 40.6 Å². The van der Waals surface area contributed by atoms with E-state index in [2.05, 4.69) is 0 Å². The number of likely N-dealkylation sites (N-methyl/N-ethyl adjacent to an activating group) is 1. The number of fused-ring (bicyclic) bond motifs is 1. The maximum Gasteiger partial charge on any atom is 0.248 e. The molecule has 1 aliphatic rings. The summed E-state index contributed by atoms with van der Waals surface area (Å²) in [6.45, 7) is 2.29. The van der Waals surface area contributed by atoms with E-state index in [0.29, 0.717) is 23.4 Å². The van der Waals surface area contributed by atoms with Crippen molar-refractivity contribution in [2.45, 2.75) is 17.2 Å². The van der Waals surface area contributed by atoms with Crippen LogP contribution < -0.4 is 4.90 Å². The zero-order chi connectivity index (χ0) is 16.6. The first kappa shape index (κ1) is 16.0. The van der Waals surface area contributed by atoms with E-state index in [0.717, 1.165) is 0 Å². The number of hydrogen-bond acceptors (Lipinski definition) is 2. The number of alkyl halides is 2. The first-order chi connectivity index (χ1) is 11.0. The molecule has 0 aromatic heterocycles. The summed E-state index contributed by atoms with van der Waals surface area (Å²) >= 11 is 12.4. The Bertz CT molecular complexity index is 761. The van der Waals surface area contributed by atoms with Gasteiger partial charge >= 0.3 is 0 Å². The van der Waals surface area contributed by atoms with Gasteiger partial charge in [0.05, 0.1) is 5.69 Å². The maximum atomic E-state index is 13.2. The number of rotatable bonds is 3. The lowest BCUT2D eigenvalue weighted by atomic mass is 9.71. The molecule has 0 spiro atoms. The van der Waals surface area contributed by atoms with Crippen molar-refractivity contribution < 1.29 is 9.59 Å². The summed E-state index contributed by atoms with van der Waals surface area (Å²) in [6, 6.07) is 15.8. The fourth-order valence-corrected chi connectivity index (χ4v) is 3.76. The molecule has 118 valence electrons. The third kappa shape index (κ3) is 2.19. The highest BCUT2D eigenvalue weighted by Gasteiger charge is 2.57. The van der Waals surface area contributed by atoms with Crippen LogP contribution in [0.4, 0.5) is 5.69 Å². The number of carbonyl (C=O) groups is 2. The average molecular weight is 348 g/mol. The van der Waals surface area contributed by atoms with Crippen LogP contribution >= 0.6 is 23.2 Å². The van der Waals surface area contributed by atoms with Gasteiger partial charge in [0.1, 0.15) is 4.84 Å². The number of hydrogen-bond donors (Lipinski definition) is 0. The van der Waals surface area contributed by atoms with Gasteiger partial charge in [0.25, 0.3) is 0 Å². The van der Waals surface area contributed by atoms with E-state index in [-0.39, 0.29) is 11.7 Å². The minimum absolute atomic E-state index is 0.357. The predicted octanol–water partition coefficient (Wildman–Crippen LogP) is 3.98. The van der Waals surface area contributed by atoms with Crippen molar-refractivity contribution in [1.82, 2.24) is 0 Å². The molecular formula is C18H15Cl2NO2. The van der Waals surface area contributed by atoms with E-state index in [9.17, 15) is 9.59 Å². The average Bonchev–Trinajstić information content (AvgIpc) is 2.56. The maximum absolute atomic E-state index is 13.2. The smallest absolute Gasteiger partial charge is 0.248 e. The van der Waals surface area contributed by atoms with Crippen molar-refractivity contribution in [2.24, 2.45) is 0 Å². The van der Waals surface area contributed by atoms with Crippen LogP contribution in [0.3, 0.4) is 0 Å². The van der Waals surface area contributed by atoms with Crippen LogP contribution in [-0.2, 0) is 10.2 Å². The fraction of sp³-hybridized carbons (Fsp3) is 0.222. The lowest BCUT2D eigenvalue weighted by Gasteiger charge is -2.42. The molecule has 1 heterocycles. The van der Waals surface area contributed by atoms with E-state index in [1.165, 1.54) is 0 Å². The van der Waals surface area contributed by atoms with Crippen LogP contribution in [-0.4, -0.2) is 23.1 Å². The first-order valence-electron chi connectivity index (χ1n) is 7.34. The summed E-state index contributed by atoms with van der Waals surface area (Å²) in [6.07, 6.45) is 0. The first-order valence-corrected chi connectivity index (χ1v) is 8.21. The van der Waals surface area contributed by atoms with Crippen molar-refractivity contribution in [3.05, 3.63) is 65.7 Å². The Morgan fingerprint density at radius 3 is 2.22 bits per heavy atom. The molecule has 3 nitrogen and oxygen atoms in total. The van der Waals surface area contributed by atoms with Crippen LogP contribution in [0.5, 0.6) is 0 Å². The van der Waals surface area contributed by atoms with Crippen LogP contribution in [0.2, 0.25) is 0 Å². The molecule has 0 unspecified atom stereocenters. The van der Waals surface area contributed by atoms with Crippen molar-refractivity contribution in [3.63, 3.8) is 0 Å². The summed E-state index contributed by atoms with van der Waals surface area (Å²) in [5, 5.41) is 0. The molecule has 0 radical (unpaired) electrons. The molecule has 0 saturated carbocycles. The zero-order valence-electron chi connectivity index (χ0n) is 12.5. The highest BCUT2D eigenvalue weighted by molar-refractivity contribution is 6.51. The third-order valence-corrected chi connectivity index (χ3v) is 4.91. The second-order valence-corrected chi connectivity index (χ2v) is 6.47. The van der Waals surface area contributed by atoms with Crippen molar-refractivity contribution in [1.29, 1.82) is 0 Å². The number of amides is 1. The number of para-hydroxylation sites is 1. The highest BCUT2D eigenvalue weighted by Crippen LogP contribution is 2.45. The standard InChI is InChI=1S/C18H15Cl2NO2/c1-2-21-14-11-7-6-10-13(14)15(22)18(16(19)20,17(21)23)12-8-4-3-5-9-12/h3-11,16H,2H2,1H3/t18-/m1/s1. The summed E-state index contributed by atoms with van der Waals surface area (Å²) in [7, 11) is 0. The number of benzene rings is 2. The molecule has 1 aliphatic heterocycles. The number of halogens is 2. The zero-order valence-corrected chi connectivity index (χ0v) is 14.0. The Balaban J connectivity index is 2.33. The minimum Gasteiger partial charge on any atom is -0.311 e. The van der Waals surface area contributed by atoms with Gasteiger partial charge < -0.3 is 4.90 Å². The summed E-state index contributed by atoms with van der Waals surface area (Å²) in [4.78, 5) is 26.8. The SMILES string of the molecule is CCN1C(=O)[C@@](c2ccccc2)(C(Cl)Cl)C(=O)c2ccccc21. The second-order valence-electron chi connectivity index (χ2n) is 5.37. The quantitative estimate of drug-likeness (QED) is 0.622. The lowest BCUT2D eigenvalue weighted by Crippen LogP contribution is -2.59. The normalized spacial score (nSPS) is 20.8. The molecule has 0 bridgehead atoms. The van der Waals surface area contributed by atoms with Crippen LogP contribution in [0.1, 0.15) is 22.8 Å². The largest absolute Gasteiger partial charge is 0.311 e. The van der Waals surface area contributed by atoms with Gasteiger partial charge in [-0.05, 0) is 24.6 Å². The molecule has 5 heteroatoms. The lowest BCUT2D eigenvalue weighted by molar-refractivity contribution is -0.122. The van der Waals surface area contributed by atoms with E-state index in [1.807, 2.05) is 13.0 Å². The van der Waals surface area contributed by atoms with Crippen LogP contribution in [0, 0.1) is 0 Å². The monoisotopic (exact) mass is 347 g/mol. The number of carbonyl (C=O) groups excluding carboxylic acids is 2. The van der Waals surface area contributed by atoms with Crippen LogP contribution in [0.15, 0.2) is 54.6 Å². The molecule has 0 fully saturated rings. The van der Waals surface area contributed by atoms with Gasteiger partial charge in [-0.3, -0.25) is 9.59 Å². The summed E-state index contributed by atoms with van der Waals surface area (Å²) in [5.41, 5.74) is -0.0399. The van der Waals surface area contributed by atoms with Gasteiger partial charge in [0, 0.05) is 12.1 Å². The molecule has 2 aromatic rings. The Hall–Kier alpha value is -1.84. The van der Waals surface area contributed by atoms with E-state index < -0.39 is 10.3 Å². The topological polar surface area (TPSA) is 37.4 Å². The van der Waals surface area contributed by atoms with Gasteiger partial charge in [-0.1, -0.05) is 42.5 Å². The molecule has 1 atom stereocenters. The van der Waals surface area contributed by atoms with Gasteiger partial charge in [0.2, 0.25) is 5.91 Å².